The van der Waals surface area contributed by atoms with Gasteiger partial charge < -0.3 is 14.5 Å². The van der Waals surface area contributed by atoms with Crippen LogP contribution in [-0.4, -0.2) is 86.6 Å². The second kappa shape index (κ2) is 11.7. The molecule has 0 spiro atoms. The molecule has 228 valence electrons. The standard InChI is InChI=1S/C33H37FN8O2/c1-22(34)31(43)42-17-16-40(20-24(42)10-13-35)30-26-8-9-28(27-19-36-18-23-6-2-3-7-25(23)27)37-29(26)38-32(39-30)44-21-33-11-4-14-41(33)15-5-12-33/h8-9,18-19,24H,1-7,10-12,14-17,20-21H2/t24-/m0/s1. The molecule has 44 heavy (non-hydrogen) atoms. The van der Waals surface area contributed by atoms with Crippen LogP contribution in [0.3, 0.4) is 0 Å². The van der Waals surface area contributed by atoms with Crippen LogP contribution < -0.4 is 9.64 Å². The quantitative estimate of drug-likeness (QED) is 0.367. The van der Waals surface area contributed by atoms with Crippen LogP contribution in [0.15, 0.2) is 36.9 Å². The number of amides is 1. The molecule has 1 amide bonds. The Hall–Kier alpha value is -4.17. The van der Waals surface area contributed by atoms with Crippen molar-refractivity contribution in [3.63, 3.8) is 0 Å². The molecule has 0 unspecified atom stereocenters. The summed E-state index contributed by atoms with van der Waals surface area (Å²) >= 11 is 0. The molecule has 7 rings (SSSR count). The second-order valence-corrected chi connectivity index (χ2v) is 12.5. The topological polar surface area (TPSA) is 111 Å². The highest BCUT2D eigenvalue weighted by atomic mass is 19.1. The first-order chi connectivity index (χ1) is 21.5. The minimum absolute atomic E-state index is 0.0289. The number of pyridine rings is 2. The molecule has 3 aliphatic heterocycles. The van der Waals surface area contributed by atoms with Crippen LogP contribution in [0.1, 0.15) is 56.1 Å². The smallest absolute Gasteiger partial charge is 0.320 e. The Morgan fingerprint density at radius 3 is 2.68 bits per heavy atom. The van der Waals surface area contributed by atoms with Crippen LogP contribution in [0.2, 0.25) is 0 Å². The lowest BCUT2D eigenvalue weighted by Crippen LogP contribution is -2.55. The first-order valence-electron chi connectivity index (χ1n) is 15.8. The molecule has 3 saturated heterocycles. The van der Waals surface area contributed by atoms with E-state index in [0.29, 0.717) is 31.2 Å². The number of aryl methyl sites for hydroxylation is 1. The molecule has 0 N–H and O–H groups in total. The molecule has 3 aromatic rings. The molecule has 0 radical (unpaired) electrons. The van der Waals surface area contributed by atoms with Gasteiger partial charge in [0.25, 0.3) is 5.91 Å². The largest absolute Gasteiger partial charge is 0.461 e. The normalized spacial score (nSPS) is 21.1. The van der Waals surface area contributed by atoms with Gasteiger partial charge in [-0.05, 0) is 87.7 Å². The number of carbonyl (C=O) groups excluding carboxylic acids is 1. The van der Waals surface area contributed by atoms with E-state index in [1.807, 2.05) is 29.4 Å². The number of carbonyl (C=O) groups is 1. The van der Waals surface area contributed by atoms with Crippen molar-refractivity contribution >= 4 is 22.8 Å². The molecular weight excluding hydrogens is 559 g/mol. The maximum absolute atomic E-state index is 13.8. The number of hydrogen-bond donors (Lipinski definition) is 0. The summed E-state index contributed by atoms with van der Waals surface area (Å²) in [5.74, 6) is -1.16. The van der Waals surface area contributed by atoms with Gasteiger partial charge in [0.2, 0.25) is 0 Å². The third-order valence-corrected chi connectivity index (χ3v) is 9.95. The van der Waals surface area contributed by atoms with E-state index in [0.717, 1.165) is 61.8 Å². The van der Waals surface area contributed by atoms with Crippen molar-refractivity contribution in [1.82, 2.24) is 29.7 Å². The molecule has 4 aliphatic rings. The third kappa shape index (κ3) is 5.15. The van der Waals surface area contributed by atoms with E-state index in [1.54, 1.807) is 0 Å². The number of rotatable bonds is 7. The van der Waals surface area contributed by atoms with Gasteiger partial charge in [0.1, 0.15) is 12.4 Å². The Balaban J connectivity index is 1.27. The predicted molar refractivity (Wildman–Crippen MR) is 164 cm³/mol. The van der Waals surface area contributed by atoms with Crippen LogP contribution in [0.4, 0.5) is 10.2 Å². The van der Waals surface area contributed by atoms with Crippen molar-refractivity contribution in [2.45, 2.75) is 69.4 Å². The first kappa shape index (κ1) is 28.6. The maximum Gasteiger partial charge on any atom is 0.320 e. The third-order valence-electron chi connectivity index (χ3n) is 9.95. The first-order valence-corrected chi connectivity index (χ1v) is 15.8. The highest BCUT2D eigenvalue weighted by Crippen LogP contribution is 2.39. The Morgan fingerprint density at radius 2 is 1.89 bits per heavy atom. The van der Waals surface area contributed by atoms with Crippen LogP contribution in [0.25, 0.3) is 22.3 Å². The number of fused-ring (bicyclic) bond motifs is 3. The van der Waals surface area contributed by atoms with Crippen molar-refractivity contribution < 1.29 is 13.9 Å². The fraction of sp³-hybridized carbons (Fsp3) is 0.515. The number of piperazine rings is 1. The van der Waals surface area contributed by atoms with Crippen LogP contribution in [0.5, 0.6) is 6.01 Å². The van der Waals surface area contributed by atoms with Gasteiger partial charge in [0.15, 0.2) is 11.5 Å². The van der Waals surface area contributed by atoms with Gasteiger partial charge in [-0.15, -0.1) is 0 Å². The average molecular weight is 597 g/mol. The monoisotopic (exact) mass is 596 g/mol. The fourth-order valence-corrected chi connectivity index (χ4v) is 7.72. The maximum atomic E-state index is 13.8. The zero-order chi connectivity index (χ0) is 30.3. The molecule has 6 heterocycles. The Morgan fingerprint density at radius 1 is 1.07 bits per heavy atom. The van der Waals surface area contributed by atoms with Crippen molar-refractivity contribution in [2.75, 3.05) is 44.2 Å². The Bertz CT molecular complexity index is 1640. The van der Waals surface area contributed by atoms with E-state index < -0.39 is 17.8 Å². The van der Waals surface area contributed by atoms with E-state index in [9.17, 15) is 14.4 Å². The van der Waals surface area contributed by atoms with Crippen molar-refractivity contribution in [1.29, 1.82) is 5.26 Å². The lowest BCUT2D eigenvalue weighted by molar-refractivity contribution is -0.131. The van der Waals surface area contributed by atoms with Crippen molar-refractivity contribution in [2.24, 2.45) is 0 Å². The van der Waals surface area contributed by atoms with Gasteiger partial charge in [-0.3, -0.25) is 14.7 Å². The molecule has 0 saturated carbocycles. The number of aromatic nitrogens is 4. The molecule has 3 fully saturated rings. The number of ether oxygens (including phenoxy) is 1. The Kier molecular flexibility index (Phi) is 7.62. The molecule has 10 nitrogen and oxygen atoms in total. The van der Waals surface area contributed by atoms with E-state index in [4.69, 9.17) is 19.7 Å². The highest BCUT2D eigenvalue weighted by molar-refractivity contribution is 5.92. The summed E-state index contributed by atoms with van der Waals surface area (Å²) in [5.41, 5.74) is 4.99. The molecule has 3 aromatic heterocycles. The summed E-state index contributed by atoms with van der Waals surface area (Å²) in [7, 11) is 0. The van der Waals surface area contributed by atoms with E-state index in [1.165, 1.54) is 35.3 Å². The van der Waals surface area contributed by atoms with Crippen molar-refractivity contribution in [3.05, 3.63) is 48.1 Å². The number of hydrogen-bond acceptors (Lipinski definition) is 9. The van der Waals surface area contributed by atoms with Gasteiger partial charge in [0, 0.05) is 37.6 Å². The van der Waals surface area contributed by atoms with Crippen LogP contribution in [-0.2, 0) is 17.6 Å². The average Bonchev–Trinajstić information content (AvgIpc) is 3.63. The Labute approximate surface area is 256 Å². The van der Waals surface area contributed by atoms with Crippen molar-refractivity contribution in [3.8, 4) is 23.3 Å². The minimum atomic E-state index is -1.02. The lowest BCUT2D eigenvalue weighted by atomic mass is 9.89. The summed E-state index contributed by atoms with van der Waals surface area (Å²) in [6.45, 7) is 6.86. The fourth-order valence-electron chi connectivity index (χ4n) is 7.72. The van der Waals surface area contributed by atoms with Gasteiger partial charge in [0.05, 0.1) is 35.2 Å². The van der Waals surface area contributed by atoms with Crippen LogP contribution >= 0.6 is 0 Å². The minimum Gasteiger partial charge on any atom is -0.461 e. The number of anilines is 1. The molecule has 1 atom stereocenters. The van der Waals surface area contributed by atoms with Gasteiger partial charge >= 0.3 is 6.01 Å². The summed E-state index contributed by atoms with van der Waals surface area (Å²) in [4.78, 5) is 37.8. The molecular formula is C33H37FN8O2. The summed E-state index contributed by atoms with van der Waals surface area (Å²) in [5, 5.41) is 10.3. The van der Waals surface area contributed by atoms with E-state index in [-0.39, 0.29) is 24.5 Å². The number of halogens is 1. The lowest BCUT2D eigenvalue weighted by Gasteiger charge is -2.41. The highest BCUT2D eigenvalue weighted by Gasteiger charge is 2.45. The summed E-state index contributed by atoms with van der Waals surface area (Å²) in [6, 6.07) is 5.90. The molecule has 0 bridgehead atoms. The zero-order valence-corrected chi connectivity index (χ0v) is 25.0. The predicted octanol–water partition coefficient (Wildman–Crippen LogP) is 4.39. The second-order valence-electron chi connectivity index (χ2n) is 12.5. The molecule has 0 aromatic carbocycles. The summed E-state index contributed by atoms with van der Waals surface area (Å²) in [6.07, 6.45) is 12.8. The number of nitriles is 1. The van der Waals surface area contributed by atoms with Crippen LogP contribution in [0, 0.1) is 11.3 Å². The summed E-state index contributed by atoms with van der Waals surface area (Å²) < 4.78 is 20.2. The SMILES string of the molecule is C=C(F)C(=O)N1CCN(c2nc(OCC34CCCN3CCC4)nc3nc(-c4cncc5c4CCCC5)ccc23)C[C@@H]1CC#N. The number of nitrogens with zero attached hydrogens (tertiary/aromatic N) is 8. The van der Waals surface area contributed by atoms with Gasteiger partial charge in [-0.1, -0.05) is 6.58 Å². The van der Waals surface area contributed by atoms with E-state index in [2.05, 4.69) is 22.5 Å². The molecule has 11 heteroatoms. The van der Waals surface area contributed by atoms with Gasteiger partial charge in [-0.25, -0.2) is 9.37 Å². The van der Waals surface area contributed by atoms with Gasteiger partial charge in [-0.2, -0.15) is 15.2 Å². The zero-order valence-electron chi connectivity index (χ0n) is 25.0. The van der Waals surface area contributed by atoms with E-state index >= 15 is 0 Å². The molecule has 1 aliphatic carbocycles.